The molecule has 2 aliphatic rings. The molecule has 2 fully saturated rings. The molecule has 1 aromatic heterocycles. The summed E-state index contributed by atoms with van der Waals surface area (Å²) in [6, 6.07) is 0. The average Bonchev–Trinajstić information content (AvgIpc) is 3.09. The minimum Gasteiger partial charge on any atom is -0.366 e. The van der Waals surface area contributed by atoms with Crippen molar-refractivity contribution < 1.29 is 9.53 Å². The summed E-state index contributed by atoms with van der Waals surface area (Å²) in [7, 11) is 0. The fourth-order valence-corrected chi connectivity index (χ4v) is 3.26. The van der Waals surface area contributed by atoms with Gasteiger partial charge in [-0.1, -0.05) is 6.92 Å². The molecule has 116 valence electrons. The fourth-order valence-electron chi connectivity index (χ4n) is 3.26. The van der Waals surface area contributed by atoms with E-state index >= 15 is 0 Å². The van der Waals surface area contributed by atoms with Gasteiger partial charge in [-0.05, 0) is 30.9 Å². The van der Waals surface area contributed by atoms with Crippen molar-refractivity contribution in [2.45, 2.75) is 31.8 Å². The Morgan fingerprint density at radius 2 is 2.24 bits per heavy atom. The Morgan fingerprint density at radius 1 is 1.43 bits per heavy atom. The summed E-state index contributed by atoms with van der Waals surface area (Å²) in [6.07, 6.45) is 5.60. The van der Waals surface area contributed by atoms with Gasteiger partial charge in [-0.25, -0.2) is 0 Å². The molecule has 0 spiro atoms. The number of piperidine rings is 1. The maximum absolute atomic E-state index is 12.6. The number of likely N-dealkylation sites (N-methyl/N-ethyl adjacent to an activating group) is 1. The summed E-state index contributed by atoms with van der Waals surface area (Å²) in [6.45, 7) is 7.08. The fraction of sp³-hybridized carbons (Fsp3) is 0.733. The monoisotopic (exact) mass is 292 g/mol. The summed E-state index contributed by atoms with van der Waals surface area (Å²) >= 11 is 0. The lowest BCUT2D eigenvalue weighted by atomic mass is 9.91. The Labute approximate surface area is 125 Å². The smallest absolute Gasteiger partial charge is 0.253 e. The molecule has 0 saturated carbocycles. The van der Waals surface area contributed by atoms with Gasteiger partial charge in [0.2, 0.25) is 0 Å². The normalized spacial score (nSPS) is 25.2. The van der Waals surface area contributed by atoms with Gasteiger partial charge in [0.15, 0.2) is 0 Å². The predicted octanol–water partition coefficient (Wildman–Crippen LogP) is 0.836. The Bertz CT molecular complexity index is 454. The van der Waals surface area contributed by atoms with Crippen LogP contribution < -0.4 is 0 Å². The van der Waals surface area contributed by atoms with Crippen LogP contribution in [0.4, 0.5) is 0 Å². The molecule has 2 aliphatic heterocycles. The van der Waals surface area contributed by atoms with Gasteiger partial charge in [-0.15, -0.1) is 0 Å². The summed E-state index contributed by atoms with van der Waals surface area (Å²) in [4.78, 5) is 16.8. The number of rotatable bonds is 3. The molecule has 0 aromatic carbocycles. The minimum absolute atomic E-state index is 0.166. The van der Waals surface area contributed by atoms with Gasteiger partial charge < -0.3 is 9.64 Å². The molecule has 21 heavy (non-hydrogen) atoms. The molecule has 6 nitrogen and oxygen atoms in total. The van der Waals surface area contributed by atoms with Crippen LogP contribution in [0.1, 0.15) is 31.2 Å². The highest BCUT2D eigenvalue weighted by molar-refractivity contribution is 5.81. The minimum atomic E-state index is -0.274. The molecule has 3 rings (SSSR count). The van der Waals surface area contributed by atoms with E-state index in [0.717, 1.165) is 45.6 Å². The second-order valence-electron chi connectivity index (χ2n) is 5.88. The molecular formula is C15H24N4O2. The number of hydrogen-bond donors (Lipinski definition) is 1. The number of morpholine rings is 1. The van der Waals surface area contributed by atoms with Crippen LogP contribution in [-0.4, -0.2) is 71.3 Å². The second-order valence-corrected chi connectivity index (χ2v) is 5.88. The number of amides is 1. The van der Waals surface area contributed by atoms with E-state index in [4.69, 9.17) is 4.74 Å². The van der Waals surface area contributed by atoms with Gasteiger partial charge in [-0.3, -0.25) is 14.8 Å². The van der Waals surface area contributed by atoms with Crippen molar-refractivity contribution in [3.8, 4) is 0 Å². The van der Waals surface area contributed by atoms with Crippen LogP contribution in [0.15, 0.2) is 12.4 Å². The standard InChI is InChI=1S/C15H24N4O2/c1-2-18-7-8-21-14(11-18)15(20)19-5-3-12(4-6-19)13-9-16-17-10-13/h9-10,12,14H,2-8,11H2,1H3,(H,16,17). The van der Waals surface area contributed by atoms with E-state index in [1.807, 2.05) is 17.3 Å². The lowest BCUT2D eigenvalue weighted by Crippen LogP contribution is -2.52. The largest absolute Gasteiger partial charge is 0.366 e. The van der Waals surface area contributed by atoms with Crippen LogP contribution in [0.3, 0.4) is 0 Å². The van der Waals surface area contributed by atoms with Gasteiger partial charge in [0, 0.05) is 32.4 Å². The highest BCUT2D eigenvalue weighted by Gasteiger charge is 2.32. The van der Waals surface area contributed by atoms with Gasteiger partial charge in [0.25, 0.3) is 5.91 Å². The van der Waals surface area contributed by atoms with Crippen molar-refractivity contribution in [2.75, 3.05) is 39.3 Å². The lowest BCUT2D eigenvalue weighted by Gasteiger charge is -2.37. The Balaban J connectivity index is 1.53. The van der Waals surface area contributed by atoms with Crippen LogP contribution in [0.5, 0.6) is 0 Å². The van der Waals surface area contributed by atoms with Crippen LogP contribution in [-0.2, 0) is 9.53 Å². The van der Waals surface area contributed by atoms with Crippen molar-refractivity contribution in [1.29, 1.82) is 0 Å². The van der Waals surface area contributed by atoms with E-state index in [1.165, 1.54) is 5.56 Å². The molecule has 2 saturated heterocycles. The summed E-state index contributed by atoms with van der Waals surface area (Å²) < 4.78 is 5.68. The zero-order valence-electron chi connectivity index (χ0n) is 12.6. The molecule has 1 unspecified atom stereocenters. The third kappa shape index (κ3) is 3.27. The van der Waals surface area contributed by atoms with Crippen molar-refractivity contribution in [2.24, 2.45) is 0 Å². The van der Waals surface area contributed by atoms with Crippen LogP contribution >= 0.6 is 0 Å². The molecule has 0 aliphatic carbocycles. The van der Waals surface area contributed by atoms with E-state index in [0.29, 0.717) is 12.5 Å². The Morgan fingerprint density at radius 3 is 2.90 bits per heavy atom. The number of ether oxygens (including phenoxy) is 1. The Kier molecular flexibility index (Phi) is 4.55. The van der Waals surface area contributed by atoms with Crippen molar-refractivity contribution in [1.82, 2.24) is 20.0 Å². The highest BCUT2D eigenvalue weighted by Crippen LogP contribution is 2.27. The molecule has 6 heteroatoms. The average molecular weight is 292 g/mol. The van der Waals surface area contributed by atoms with Gasteiger partial charge >= 0.3 is 0 Å². The predicted molar refractivity (Wildman–Crippen MR) is 79.0 cm³/mol. The number of nitrogens with one attached hydrogen (secondary N) is 1. The van der Waals surface area contributed by atoms with Gasteiger partial charge in [0.05, 0.1) is 12.8 Å². The van der Waals surface area contributed by atoms with E-state index in [1.54, 1.807) is 0 Å². The number of carbonyl (C=O) groups excluding carboxylic acids is 1. The van der Waals surface area contributed by atoms with E-state index in [2.05, 4.69) is 22.0 Å². The van der Waals surface area contributed by atoms with Crippen LogP contribution in [0.2, 0.25) is 0 Å². The number of nitrogens with zero attached hydrogens (tertiary/aromatic N) is 3. The lowest BCUT2D eigenvalue weighted by molar-refractivity contribution is -0.150. The first-order valence-electron chi connectivity index (χ1n) is 7.89. The van der Waals surface area contributed by atoms with E-state index in [9.17, 15) is 4.79 Å². The maximum Gasteiger partial charge on any atom is 0.253 e. The molecule has 1 aromatic rings. The number of likely N-dealkylation sites (tertiary alicyclic amines) is 1. The molecule has 0 radical (unpaired) electrons. The summed E-state index contributed by atoms with van der Waals surface area (Å²) in [5, 5.41) is 6.88. The van der Waals surface area contributed by atoms with Gasteiger partial charge in [0.1, 0.15) is 6.10 Å². The van der Waals surface area contributed by atoms with Gasteiger partial charge in [-0.2, -0.15) is 5.10 Å². The summed E-state index contributed by atoms with van der Waals surface area (Å²) in [5.41, 5.74) is 1.26. The zero-order valence-corrected chi connectivity index (χ0v) is 12.6. The molecule has 0 bridgehead atoms. The molecule has 1 N–H and O–H groups in total. The first kappa shape index (κ1) is 14.5. The third-order valence-corrected chi connectivity index (χ3v) is 4.67. The van der Waals surface area contributed by atoms with Crippen molar-refractivity contribution in [3.63, 3.8) is 0 Å². The van der Waals surface area contributed by atoms with Crippen LogP contribution in [0, 0.1) is 0 Å². The second kappa shape index (κ2) is 6.58. The molecule has 1 atom stereocenters. The SMILES string of the molecule is CCN1CCOC(C(=O)N2CCC(c3cn[nH]c3)CC2)C1. The Hall–Kier alpha value is -1.40. The molecule has 3 heterocycles. The highest BCUT2D eigenvalue weighted by atomic mass is 16.5. The van der Waals surface area contributed by atoms with Crippen molar-refractivity contribution >= 4 is 5.91 Å². The number of hydrogen-bond acceptors (Lipinski definition) is 4. The number of H-pyrrole nitrogens is 1. The van der Waals surface area contributed by atoms with E-state index in [-0.39, 0.29) is 12.0 Å². The van der Waals surface area contributed by atoms with Crippen LogP contribution in [0.25, 0.3) is 0 Å². The number of carbonyl (C=O) groups is 1. The zero-order chi connectivity index (χ0) is 14.7. The number of aromatic nitrogens is 2. The first-order valence-corrected chi connectivity index (χ1v) is 7.89. The first-order chi connectivity index (χ1) is 10.3. The topological polar surface area (TPSA) is 61.5 Å². The van der Waals surface area contributed by atoms with E-state index < -0.39 is 0 Å². The van der Waals surface area contributed by atoms with Crippen molar-refractivity contribution in [3.05, 3.63) is 18.0 Å². The maximum atomic E-state index is 12.6. The molecule has 1 amide bonds. The quantitative estimate of drug-likeness (QED) is 0.896. The number of aromatic amines is 1. The third-order valence-electron chi connectivity index (χ3n) is 4.67. The summed E-state index contributed by atoms with van der Waals surface area (Å²) in [5.74, 6) is 0.686. The molecular weight excluding hydrogens is 268 g/mol.